The van der Waals surface area contributed by atoms with Gasteiger partial charge in [-0.15, -0.1) is 11.6 Å². The number of sulfone groups is 1. The lowest BCUT2D eigenvalue weighted by atomic mass is 10.2. The van der Waals surface area contributed by atoms with Gasteiger partial charge >= 0.3 is 0 Å². The van der Waals surface area contributed by atoms with E-state index < -0.39 is 9.84 Å². The second-order valence-electron chi connectivity index (χ2n) is 3.88. The molecule has 1 atom stereocenters. The van der Waals surface area contributed by atoms with Crippen LogP contribution < -0.4 is 0 Å². The molecule has 5 nitrogen and oxygen atoms in total. The highest BCUT2D eigenvalue weighted by Gasteiger charge is 2.34. The highest BCUT2D eigenvalue weighted by atomic mass is 35.5. The molecule has 92 valence electrons. The number of nitrogens with zero attached hydrogens (tertiary/aromatic N) is 1. The van der Waals surface area contributed by atoms with Crippen molar-refractivity contribution in [3.63, 3.8) is 0 Å². The SMILES string of the molecule is CC(=O)N(CC(=O)CCl)C1CCS(=O)(=O)C1. The third-order valence-corrected chi connectivity index (χ3v) is 4.60. The predicted molar refractivity (Wildman–Crippen MR) is 60.2 cm³/mol. The Bertz CT molecular complexity index is 392. The molecule has 0 aromatic rings. The highest BCUT2D eigenvalue weighted by molar-refractivity contribution is 7.91. The maximum absolute atomic E-state index is 11.3. The van der Waals surface area contributed by atoms with E-state index in [1.54, 1.807) is 0 Å². The number of carbonyl (C=O) groups excluding carboxylic acids is 2. The first-order valence-corrected chi connectivity index (χ1v) is 7.26. The summed E-state index contributed by atoms with van der Waals surface area (Å²) < 4.78 is 22.5. The summed E-state index contributed by atoms with van der Waals surface area (Å²) in [6.07, 6.45) is 0.400. The van der Waals surface area contributed by atoms with Crippen LogP contribution in [0.2, 0.25) is 0 Å². The van der Waals surface area contributed by atoms with Crippen LogP contribution in [0.15, 0.2) is 0 Å². The number of halogens is 1. The molecule has 0 saturated carbocycles. The van der Waals surface area contributed by atoms with Crippen molar-refractivity contribution < 1.29 is 18.0 Å². The van der Waals surface area contributed by atoms with Gasteiger partial charge in [0.15, 0.2) is 15.6 Å². The van der Waals surface area contributed by atoms with E-state index in [4.69, 9.17) is 11.6 Å². The normalized spacial score (nSPS) is 23.0. The fraction of sp³-hybridized carbons (Fsp3) is 0.778. The van der Waals surface area contributed by atoms with Crippen molar-refractivity contribution in [1.29, 1.82) is 0 Å². The molecule has 1 unspecified atom stereocenters. The fourth-order valence-electron chi connectivity index (χ4n) is 1.75. The Labute approximate surface area is 99.7 Å². The Morgan fingerprint density at radius 2 is 2.06 bits per heavy atom. The first-order valence-electron chi connectivity index (χ1n) is 4.91. The summed E-state index contributed by atoms with van der Waals surface area (Å²) in [4.78, 5) is 23.8. The summed E-state index contributed by atoms with van der Waals surface area (Å²) in [7, 11) is -3.05. The third kappa shape index (κ3) is 3.45. The van der Waals surface area contributed by atoms with E-state index in [1.807, 2.05) is 0 Å². The van der Waals surface area contributed by atoms with Crippen LogP contribution in [0.3, 0.4) is 0 Å². The Hall–Kier alpha value is -0.620. The minimum absolute atomic E-state index is 0.0534. The van der Waals surface area contributed by atoms with Crippen molar-refractivity contribution in [2.24, 2.45) is 0 Å². The van der Waals surface area contributed by atoms with Gasteiger partial charge in [-0.3, -0.25) is 9.59 Å². The summed E-state index contributed by atoms with van der Waals surface area (Å²) in [6.45, 7) is 1.23. The number of alkyl halides is 1. The van der Waals surface area contributed by atoms with Gasteiger partial charge in [-0.25, -0.2) is 8.42 Å². The molecule has 0 aromatic carbocycles. The molecule has 1 heterocycles. The first kappa shape index (κ1) is 13.4. The zero-order chi connectivity index (χ0) is 12.3. The van der Waals surface area contributed by atoms with Crippen LogP contribution in [-0.2, 0) is 19.4 Å². The van der Waals surface area contributed by atoms with E-state index in [2.05, 4.69) is 0 Å². The standard InChI is InChI=1S/C9H14ClNO4S/c1-7(12)11(5-9(13)4-10)8-2-3-16(14,15)6-8/h8H,2-6H2,1H3. The van der Waals surface area contributed by atoms with Crippen molar-refractivity contribution in [2.75, 3.05) is 23.9 Å². The van der Waals surface area contributed by atoms with Crippen LogP contribution in [0.1, 0.15) is 13.3 Å². The van der Waals surface area contributed by atoms with E-state index >= 15 is 0 Å². The van der Waals surface area contributed by atoms with Gasteiger partial charge in [0.1, 0.15) is 0 Å². The molecular weight excluding hydrogens is 254 g/mol. The van der Waals surface area contributed by atoms with E-state index in [-0.39, 0.29) is 41.7 Å². The second kappa shape index (κ2) is 5.14. The lowest BCUT2D eigenvalue weighted by Gasteiger charge is -2.25. The summed E-state index contributed by atoms with van der Waals surface area (Å²) >= 11 is 5.36. The number of ketones is 1. The molecule has 1 saturated heterocycles. The summed E-state index contributed by atoms with van der Waals surface area (Å²) in [5.74, 6) is -0.705. The molecule has 7 heteroatoms. The second-order valence-corrected chi connectivity index (χ2v) is 6.37. The van der Waals surface area contributed by atoms with Gasteiger partial charge in [-0.2, -0.15) is 0 Å². The summed E-state index contributed by atoms with van der Waals surface area (Å²) in [5.41, 5.74) is 0. The number of hydrogen-bond donors (Lipinski definition) is 0. The van der Waals surface area contributed by atoms with E-state index in [9.17, 15) is 18.0 Å². The van der Waals surface area contributed by atoms with Crippen LogP contribution >= 0.6 is 11.6 Å². The van der Waals surface area contributed by atoms with Gasteiger partial charge in [0.05, 0.1) is 23.9 Å². The molecule has 1 aliphatic rings. The smallest absolute Gasteiger partial charge is 0.220 e. The van der Waals surface area contributed by atoms with Crippen molar-refractivity contribution >= 4 is 33.1 Å². The van der Waals surface area contributed by atoms with Gasteiger partial charge in [-0.05, 0) is 6.42 Å². The average Bonchev–Trinajstić information content (AvgIpc) is 2.54. The van der Waals surface area contributed by atoms with Gasteiger partial charge < -0.3 is 4.90 Å². The van der Waals surface area contributed by atoms with Gasteiger partial charge in [0.2, 0.25) is 5.91 Å². The van der Waals surface area contributed by atoms with Crippen LogP contribution in [0, 0.1) is 0 Å². The molecule has 0 N–H and O–H groups in total. The minimum Gasteiger partial charge on any atom is -0.332 e. The lowest BCUT2D eigenvalue weighted by molar-refractivity contribution is -0.134. The number of amides is 1. The molecule has 16 heavy (non-hydrogen) atoms. The van der Waals surface area contributed by atoms with Crippen molar-refractivity contribution in [1.82, 2.24) is 4.90 Å². The number of carbonyl (C=O) groups is 2. The van der Waals surface area contributed by atoms with Crippen LogP contribution in [-0.4, -0.2) is 55.0 Å². The number of hydrogen-bond acceptors (Lipinski definition) is 4. The Kier molecular flexibility index (Phi) is 4.32. The molecule has 1 aliphatic heterocycles. The lowest BCUT2D eigenvalue weighted by Crippen LogP contribution is -2.43. The van der Waals surface area contributed by atoms with Crippen molar-refractivity contribution in [2.45, 2.75) is 19.4 Å². The molecule has 0 radical (unpaired) electrons. The molecular formula is C9H14ClNO4S. The molecule has 1 rings (SSSR count). The highest BCUT2D eigenvalue weighted by Crippen LogP contribution is 2.17. The minimum atomic E-state index is -3.05. The van der Waals surface area contributed by atoms with Crippen molar-refractivity contribution in [3.8, 4) is 0 Å². The number of Topliss-reactive ketones (excluding diaryl/α,β-unsaturated/α-hetero) is 1. The quantitative estimate of drug-likeness (QED) is 0.663. The molecule has 0 aromatic heterocycles. The molecule has 0 spiro atoms. The van der Waals surface area contributed by atoms with E-state index in [0.717, 1.165) is 0 Å². The molecule has 1 amide bonds. The maximum atomic E-state index is 11.3. The van der Waals surface area contributed by atoms with Gasteiger partial charge in [-0.1, -0.05) is 0 Å². The fourth-order valence-corrected chi connectivity index (χ4v) is 3.57. The topological polar surface area (TPSA) is 71.5 Å². The van der Waals surface area contributed by atoms with E-state index in [0.29, 0.717) is 6.42 Å². The zero-order valence-electron chi connectivity index (χ0n) is 8.98. The first-order chi connectivity index (χ1) is 7.35. The average molecular weight is 268 g/mol. The molecule has 1 fully saturated rings. The Morgan fingerprint density at radius 1 is 1.44 bits per heavy atom. The maximum Gasteiger partial charge on any atom is 0.220 e. The summed E-state index contributed by atoms with van der Waals surface area (Å²) in [5, 5.41) is 0. The molecule has 0 aliphatic carbocycles. The Balaban J connectivity index is 2.72. The van der Waals surface area contributed by atoms with Gasteiger partial charge in [0, 0.05) is 13.0 Å². The third-order valence-electron chi connectivity index (χ3n) is 2.55. The predicted octanol–water partition coefficient (Wildman–Crippen LogP) is -0.170. The summed E-state index contributed by atoms with van der Waals surface area (Å²) in [6, 6.07) is -0.380. The van der Waals surface area contributed by atoms with E-state index in [1.165, 1.54) is 11.8 Å². The number of rotatable bonds is 4. The monoisotopic (exact) mass is 267 g/mol. The zero-order valence-corrected chi connectivity index (χ0v) is 10.6. The van der Waals surface area contributed by atoms with Crippen LogP contribution in [0.5, 0.6) is 0 Å². The largest absolute Gasteiger partial charge is 0.332 e. The van der Waals surface area contributed by atoms with Crippen LogP contribution in [0.4, 0.5) is 0 Å². The molecule has 0 bridgehead atoms. The van der Waals surface area contributed by atoms with Crippen molar-refractivity contribution in [3.05, 3.63) is 0 Å². The van der Waals surface area contributed by atoms with Gasteiger partial charge in [0.25, 0.3) is 0 Å². The van der Waals surface area contributed by atoms with Crippen LogP contribution in [0.25, 0.3) is 0 Å². The Morgan fingerprint density at radius 3 is 2.44 bits per heavy atom.